The number of carbonyl (C=O) groups excluding carboxylic acids is 3. The number of carbonyl (C=O) groups is 3. The largest absolute Gasteiger partial charge is 0.349 e. The summed E-state index contributed by atoms with van der Waals surface area (Å²) in [5, 5.41) is 13.8. The quantitative estimate of drug-likeness (QED) is 0.596. The fraction of sp³-hybridized carbons (Fsp3) is 0.211. The molecule has 0 unspecified atom stereocenters. The summed E-state index contributed by atoms with van der Waals surface area (Å²) in [5.41, 5.74) is 1.33. The Morgan fingerprint density at radius 1 is 1.14 bits per heavy atom. The van der Waals surface area contributed by atoms with E-state index in [1.807, 2.05) is 12.1 Å². The second kappa shape index (κ2) is 7.88. The van der Waals surface area contributed by atoms with E-state index in [-0.39, 0.29) is 25.4 Å². The molecule has 9 nitrogen and oxygen atoms in total. The third-order valence-electron chi connectivity index (χ3n) is 4.61. The van der Waals surface area contributed by atoms with Crippen molar-refractivity contribution in [2.75, 3.05) is 0 Å². The highest BCUT2D eigenvalue weighted by molar-refractivity contribution is 6.31. The molecule has 1 aliphatic rings. The molecule has 0 bridgehead atoms. The summed E-state index contributed by atoms with van der Waals surface area (Å²) in [6, 6.07) is 11.0. The Hall–Kier alpha value is -3.46. The SMILES string of the molecule is O=C(C[C@@H]1NC(=O)N(Cc2ccccc2Cl)C1=O)NCc1nnc2ccccn12. The van der Waals surface area contributed by atoms with E-state index in [1.165, 1.54) is 0 Å². The predicted octanol–water partition coefficient (Wildman–Crippen LogP) is 1.51. The van der Waals surface area contributed by atoms with E-state index in [1.54, 1.807) is 40.9 Å². The van der Waals surface area contributed by atoms with Crippen molar-refractivity contribution in [3.8, 4) is 0 Å². The summed E-state index contributed by atoms with van der Waals surface area (Å²) in [6.45, 7) is 0.205. The minimum atomic E-state index is -0.917. The minimum absolute atomic E-state index is 0.0498. The van der Waals surface area contributed by atoms with Gasteiger partial charge < -0.3 is 10.6 Å². The van der Waals surface area contributed by atoms with Crippen LogP contribution >= 0.6 is 11.6 Å². The van der Waals surface area contributed by atoms with Crippen LogP contribution in [0.2, 0.25) is 5.02 Å². The first-order chi connectivity index (χ1) is 14.0. The Morgan fingerprint density at radius 2 is 1.93 bits per heavy atom. The maximum atomic E-state index is 12.6. The van der Waals surface area contributed by atoms with Gasteiger partial charge in [-0.25, -0.2) is 4.79 Å². The Labute approximate surface area is 170 Å². The summed E-state index contributed by atoms with van der Waals surface area (Å²) < 4.78 is 1.76. The van der Waals surface area contributed by atoms with Gasteiger partial charge >= 0.3 is 6.03 Å². The molecule has 0 radical (unpaired) electrons. The molecule has 148 valence electrons. The van der Waals surface area contributed by atoms with E-state index in [9.17, 15) is 14.4 Å². The fourth-order valence-electron chi connectivity index (χ4n) is 3.11. The summed E-state index contributed by atoms with van der Waals surface area (Å²) >= 11 is 6.10. The molecule has 1 atom stereocenters. The molecule has 2 aromatic heterocycles. The topological polar surface area (TPSA) is 109 Å². The molecule has 10 heteroatoms. The first-order valence-electron chi connectivity index (χ1n) is 8.93. The maximum absolute atomic E-state index is 12.6. The normalized spacial score (nSPS) is 16.3. The number of fused-ring (bicyclic) bond motifs is 1. The molecule has 1 saturated heterocycles. The van der Waals surface area contributed by atoms with E-state index in [2.05, 4.69) is 20.8 Å². The molecule has 29 heavy (non-hydrogen) atoms. The lowest BCUT2D eigenvalue weighted by atomic mass is 10.1. The van der Waals surface area contributed by atoms with Gasteiger partial charge in [0, 0.05) is 11.2 Å². The lowest BCUT2D eigenvalue weighted by Crippen LogP contribution is -2.36. The third kappa shape index (κ3) is 3.90. The van der Waals surface area contributed by atoms with Crippen molar-refractivity contribution < 1.29 is 14.4 Å². The highest BCUT2D eigenvalue weighted by Gasteiger charge is 2.39. The summed E-state index contributed by atoms with van der Waals surface area (Å²) in [7, 11) is 0. The number of pyridine rings is 1. The lowest BCUT2D eigenvalue weighted by Gasteiger charge is -2.14. The fourth-order valence-corrected chi connectivity index (χ4v) is 3.30. The van der Waals surface area contributed by atoms with Gasteiger partial charge in [0.25, 0.3) is 5.91 Å². The van der Waals surface area contributed by atoms with Crippen LogP contribution in [0.4, 0.5) is 4.79 Å². The van der Waals surface area contributed by atoms with Gasteiger partial charge in [-0.2, -0.15) is 0 Å². The Morgan fingerprint density at radius 3 is 2.76 bits per heavy atom. The van der Waals surface area contributed by atoms with Crippen molar-refractivity contribution in [2.24, 2.45) is 0 Å². The van der Waals surface area contributed by atoms with Gasteiger partial charge in [-0.15, -0.1) is 10.2 Å². The van der Waals surface area contributed by atoms with Crippen LogP contribution in [0.15, 0.2) is 48.7 Å². The van der Waals surface area contributed by atoms with Crippen molar-refractivity contribution >= 4 is 35.1 Å². The summed E-state index contributed by atoms with van der Waals surface area (Å²) in [6.07, 6.45) is 1.63. The number of nitrogens with zero attached hydrogens (tertiary/aromatic N) is 4. The monoisotopic (exact) mass is 412 g/mol. The number of urea groups is 1. The maximum Gasteiger partial charge on any atom is 0.325 e. The molecule has 0 spiro atoms. The standard InChI is InChI=1S/C19H17ClN6O3/c20-13-6-2-1-5-12(13)11-26-18(28)14(22-19(26)29)9-17(27)21-10-16-24-23-15-7-3-4-8-25(15)16/h1-8,14H,9-11H2,(H,21,27)(H,22,29)/t14-/m0/s1. The van der Waals surface area contributed by atoms with E-state index in [0.717, 1.165) is 4.90 Å². The van der Waals surface area contributed by atoms with Crippen molar-refractivity contribution in [1.29, 1.82) is 0 Å². The number of hydrogen-bond acceptors (Lipinski definition) is 5. The van der Waals surface area contributed by atoms with Crippen molar-refractivity contribution in [3.05, 3.63) is 65.1 Å². The zero-order valence-electron chi connectivity index (χ0n) is 15.2. The van der Waals surface area contributed by atoms with Crippen molar-refractivity contribution in [2.45, 2.75) is 25.6 Å². The molecule has 4 amide bonds. The van der Waals surface area contributed by atoms with Crippen LogP contribution in [-0.4, -0.2) is 43.4 Å². The van der Waals surface area contributed by atoms with Gasteiger partial charge in [0.2, 0.25) is 5.91 Å². The van der Waals surface area contributed by atoms with Gasteiger partial charge in [0.15, 0.2) is 11.5 Å². The molecule has 1 fully saturated rings. The third-order valence-corrected chi connectivity index (χ3v) is 4.98. The molecule has 1 aromatic carbocycles. The molecule has 2 N–H and O–H groups in total. The van der Waals surface area contributed by atoms with E-state index in [0.29, 0.717) is 22.1 Å². The molecule has 3 aromatic rings. The predicted molar refractivity (Wildman–Crippen MR) is 104 cm³/mol. The Balaban J connectivity index is 1.35. The number of halogens is 1. The number of hydrogen-bond donors (Lipinski definition) is 2. The van der Waals surface area contributed by atoms with Gasteiger partial charge in [-0.3, -0.25) is 18.9 Å². The number of imide groups is 1. The van der Waals surface area contributed by atoms with Crippen LogP contribution in [0.25, 0.3) is 5.65 Å². The molecule has 0 aliphatic carbocycles. The van der Waals surface area contributed by atoms with E-state index in [4.69, 9.17) is 11.6 Å². The van der Waals surface area contributed by atoms with Gasteiger partial charge in [0.1, 0.15) is 6.04 Å². The highest BCUT2D eigenvalue weighted by atomic mass is 35.5. The molecule has 3 heterocycles. The Kier molecular flexibility index (Phi) is 5.13. The average molecular weight is 413 g/mol. The number of aromatic nitrogens is 3. The molecule has 1 aliphatic heterocycles. The van der Waals surface area contributed by atoms with Crippen LogP contribution in [0, 0.1) is 0 Å². The first kappa shape index (κ1) is 18.9. The zero-order chi connectivity index (χ0) is 20.4. The van der Waals surface area contributed by atoms with Crippen molar-refractivity contribution in [1.82, 2.24) is 30.1 Å². The van der Waals surface area contributed by atoms with E-state index < -0.39 is 18.0 Å². The number of benzene rings is 1. The highest BCUT2D eigenvalue weighted by Crippen LogP contribution is 2.20. The van der Waals surface area contributed by atoms with Crippen LogP contribution in [0.3, 0.4) is 0 Å². The Bertz CT molecular complexity index is 1100. The van der Waals surface area contributed by atoms with Crippen LogP contribution in [0.1, 0.15) is 17.8 Å². The van der Waals surface area contributed by atoms with Gasteiger partial charge in [-0.05, 0) is 23.8 Å². The van der Waals surface area contributed by atoms with Crippen LogP contribution in [-0.2, 0) is 22.7 Å². The zero-order valence-corrected chi connectivity index (χ0v) is 16.0. The summed E-state index contributed by atoms with van der Waals surface area (Å²) in [4.78, 5) is 38.1. The molecular weight excluding hydrogens is 396 g/mol. The summed E-state index contributed by atoms with van der Waals surface area (Å²) in [5.74, 6) is -0.273. The van der Waals surface area contributed by atoms with E-state index >= 15 is 0 Å². The lowest BCUT2D eigenvalue weighted by molar-refractivity contribution is -0.131. The number of nitrogens with one attached hydrogen (secondary N) is 2. The number of rotatable bonds is 6. The molecule has 4 rings (SSSR count). The smallest absolute Gasteiger partial charge is 0.325 e. The van der Waals surface area contributed by atoms with Gasteiger partial charge in [-0.1, -0.05) is 35.9 Å². The second-order valence-corrected chi connectivity index (χ2v) is 6.95. The average Bonchev–Trinajstić information content (AvgIpc) is 3.24. The van der Waals surface area contributed by atoms with Crippen molar-refractivity contribution in [3.63, 3.8) is 0 Å². The molecule has 0 saturated carbocycles. The molecular formula is C19H17ClN6O3. The van der Waals surface area contributed by atoms with Crippen LogP contribution in [0.5, 0.6) is 0 Å². The van der Waals surface area contributed by atoms with Gasteiger partial charge in [0.05, 0.1) is 19.5 Å². The van der Waals surface area contributed by atoms with Crippen LogP contribution < -0.4 is 10.6 Å². The first-order valence-corrected chi connectivity index (χ1v) is 9.31. The minimum Gasteiger partial charge on any atom is -0.349 e. The second-order valence-electron chi connectivity index (χ2n) is 6.54. The number of amides is 4.